The fraction of sp³-hybridized carbons (Fsp3) is 0.846. The molecule has 0 radical (unpaired) electrons. The summed E-state index contributed by atoms with van der Waals surface area (Å²) in [6, 6.07) is 0. The molecule has 0 amide bonds. The van der Waals surface area contributed by atoms with Gasteiger partial charge in [0.1, 0.15) is 0 Å². The van der Waals surface area contributed by atoms with Gasteiger partial charge in [-0.1, -0.05) is 39.8 Å². The zero-order valence-corrected chi connectivity index (χ0v) is 11.9. The van der Waals surface area contributed by atoms with Crippen molar-refractivity contribution in [2.75, 3.05) is 0 Å². The van der Waals surface area contributed by atoms with Crippen molar-refractivity contribution in [1.29, 1.82) is 0 Å². The van der Waals surface area contributed by atoms with Crippen LogP contribution in [-0.2, 0) is 11.0 Å². The molecule has 0 saturated heterocycles. The molecule has 0 saturated carbocycles. The molecule has 0 fully saturated rings. The summed E-state index contributed by atoms with van der Waals surface area (Å²) in [6.07, 6.45) is 0. The van der Waals surface area contributed by atoms with Gasteiger partial charge in [-0.25, -0.2) is 4.68 Å². The highest BCUT2D eigenvalue weighted by Crippen LogP contribution is 2.31. The molecule has 0 aromatic carbocycles. The summed E-state index contributed by atoms with van der Waals surface area (Å²) in [6.45, 7) is 17.5. The number of rotatable bonds is 1. The second-order valence-electron chi connectivity index (χ2n) is 6.81. The predicted octanol–water partition coefficient (Wildman–Crippen LogP) is 3.45. The summed E-state index contributed by atoms with van der Waals surface area (Å²) in [5, 5.41) is 8.73. The van der Waals surface area contributed by atoms with Crippen LogP contribution in [0.5, 0.6) is 0 Å². The molecule has 0 spiro atoms. The van der Waals surface area contributed by atoms with E-state index in [1.807, 2.05) is 0 Å². The molecule has 92 valence electrons. The van der Waals surface area contributed by atoms with Crippen LogP contribution < -0.4 is 0 Å². The van der Waals surface area contributed by atoms with E-state index in [1.54, 1.807) is 0 Å². The van der Waals surface area contributed by atoms with Gasteiger partial charge in [0.2, 0.25) is 0 Å². The summed E-state index contributed by atoms with van der Waals surface area (Å²) >= 11 is 0. The Labute approximate surface area is 99.2 Å². The van der Waals surface area contributed by atoms with Crippen molar-refractivity contribution in [1.82, 2.24) is 15.0 Å². The van der Waals surface area contributed by atoms with E-state index < -0.39 is 0 Å². The van der Waals surface area contributed by atoms with Crippen molar-refractivity contribution in [2.45, 2.75) is 72.3 Å². The second kappa shape index (κ2) is 3.86. The summed E-state index contributed by atoms with van der Waals surface area (Å²) in [4.78, 5) is 0. The molecular formula is C13H25N3. The number of hydrogen-bond donors (Lipinski definition) is 0. The first-order valence-corrected chi connectivity index (χ1v) is 6.01. The molecule has 1 heterocycles. The zero-order chi connectivity index (χ0) is 12.7. The Morgan fingerprint density at radius 3 is 1.81 bits per heavy atom. The van der Waals surface area contributed by atoms with Crippen molar-refractivity contribution >= 4 is 0 Å². The lowest BCUT2D eigenvalue weighted by atomic mass is 9.87. The van der Waals surface area contributed by atoms with E-state index in [2.05, 4.69) is 70.4 Å². The van der Waals surface area contributed by atoms with Crippen LogP contribution in [0, 0.1) is 0 Å². The molecule has 3 heteroatoms. The molecule has 0 aliphatic rings. The van der Waals surface area contributed by atoms with Crippen molar-refractivity contribution in [3.63, 3.8) is 0 Å². The van der Waals surface area contributed by atoms with E-state index >= 15 is 0 Å². The molecule has 1 aromatic rings. The third-order valence-corrected chi connectivity index (χ3v) is 2.60. The van der Waals surface area contributed by atoms with Gasteiger partial charge in [0.25, 0.3) is 0 Å². The summed E-state index contributed by atoms with van der Waals surface area (Å²) in [5.74, 6) is 0.448. The Hall–Kier alpha value is -0.860. The van der Waals surface area contributed by atoms with Gasteiger partial charge in [-0.3, -0.25) is 0 Å². The molecule has 0 aliphatic carbocycles. The molecule has 1 aromatic heterocycles. The van der Waals surface area contributed by atoms with Crippen molar-refractivity contribution < 1.29 is 0 Å². The number of hydrogen-bond acceptors (Lipinski definition) is 2. The van der Waals surface area contributed by atoms with Gasteiger partial charge in [0, 0.05) is 5.41 Å². The fourth-order valence-electron chi connectivity index (χ4n) is 1.84. The molecule has 0 unspecified atom stereocenters. The van der Waals surface area contributed by atoms with Crippen LogP contribution in [0.25, 0.3) is 0 Å². The lowest BCUT2D eigenvalue weighted by molar-refractivity contribution is 0.331. The van der Waals surface area contributed by atoms with Crippen LogP contribution >= 0.6 is 0 Å². The van der Waals surface area contributed by atoms with E-state index in [1.165, 1.54) is 5.69 Å². The van der Waals surface area contributed by atoms with Gasteiger partial charge in [0.15, 0.2) is 0 Å². The Morgan fingerprint density at radius 1 is 1.00 bits per heavy atom. The standard InChI is InChI=1S/C13H25N3/c1-9(2)10-11(12(3,4)5)14-15-16(10)13(6,7)8/h9H,1-8H3. The van der Waals surface area contributed by atoms with Crippen molar-refractivity contribution in [2.24, 2.45) is 0 Å². The van der Waals surface area contributed by atoms with Gasteiger partial charge >= 0.3 is 0 Å². The Bertz CT molecular complexity index is 330. The van der Waals surface area contributed by atoms with Crippen molar-refractivity contribution in [3.8, 4) is 0 Å². The van der Waals surface area contributed by atoms with Crippen LogP contribution in [0.2, 0.25) is 0 Å². The molecule has 3 nitrogen and oxygen atoms in total. The highest BCUT2D eigenvalue weighted by Gasteiger charge is 2.29. The quantitative estimate of drug-likeness (QED) is 0.730. The topological polar surface area (TPSA) is 30.7 Å². The van der Waals surface area contributed by atoms with E-state index in [9.17, 15) is 0 Å². The Morgan fingerprint density at radius 2 is 1.50 bits per heavy atom. The van der Waals surface area contributed by atoms with Gasteiger partial charge < -0.3 is 0 Å². The maximum absolute atomic E-state index is 4.39. The third-order valence-electron chi connectivity index (χ3n) is 2.60. The lowest BCUT2D eigenvalue weighted by Crippen LogP contribution is -2.27. The second-order valence-corrected chi connectivity index (χ2v) is 6.81. The SMILES string of the molecule is CC(C)c1c(C(C)(C)C)nnn1C(C)(C)C. The van der Waals surface area contributed by atoms with Crippen LogP contribution in [0.15, 0.2) is 0 Å². The predicted molar refractivity (Wildman–Crippen MR) is 67.8 cm³/mol. The highest BCUT2D eigenvalue weighted by atomic mass is 15.5. The molecular weight excluding hydrogens is 198 g/mol. The van der Waals surface area contributed by atoms with Crippen LogP contribution in [0.4, 0.5) is 0 Å². The fourth-order valence-corrected chi connectivity index (χ4v) is 1.84. The first-order chi connectivity index (χ1) is 7.05. The summed E-state index contributed by atoms with van der Waals surface area (Å²) in [5.41, 5.74) is 2.44. The summed E-state index contributed by atoms with van der Waals surface area (Å²) in [7, 11) is 0. The van der Waals surface area contributed by atoms with Gasteiger partial charge in [-0.15, -0.1) is 5.10 Å². The minimum atomic E-state index is -0.00387. The van der Waals surface area contributed by atoms with E-state index in [-0.39, 0.29) is 11.0 Å². The molecule has 0 atom stereocenters. The van der Waals surface area contributed by atoms with Crippen LogP contribution in [-0.4, -0.2) is 15.0 Å². The molecule has 1 rings (SSSR count). The van der Waals surface area contributed by atoms with Crippen molar-refractivity contribution in [3.05, 3.63) is 11.4 Å². The highest BCUT2D eigenvalue weighted by molar-refractivity contribution is 5.22. The normalized spacial score (nSPS) is 13.6. The third kappa shape index (κ3) is 2.45. The molecule has 0 bridgehead atoms. The monoisotopic (exact) mass is 223 g/mol. The lowest BCUT2D eigenvalue weighted by Gasteiger charge is -2.25. The largest absolute Gasteiger partial charge is 0.244 e. The number of aromatic nitrogens is 3. The van der Waals surface area contributed by atoms with E-state index in [0.717, 1.165) is 5.69 Å². The van der Waals surface area contributed by atoms with Gasteiger partial charge in [0.05, 0.1) is 16.9 Å². The van der Waals surface area contributed by atoms with Crippen LogP contribution in [0.1, 0.15) is 72.7 Å². The maximum atomic E-state index is 4.39. The minimum absolute atomic E-state index is 0.00387. The van der Waals surface area contributed by atoms with Gasteiger partial charge in [-0.05, 0) is 26.7 Å². The minimum Gasteiger partial charge on any atom is -0.244 e. The molecule has 16 heavy (non-hydrogen) atoms. The maximum Gasteiger partial charge on any atom is 0.0915 e. The summed E-state index contributed by atoms with van der Waals surface area (Å²) < 4.78 is 2.07. The first kappa shape index (κ1) is 13.2. The number of nitrogens with zero attached hydrogens (tertiary/aromatic N) is 3. The molecule has 0 N–H and O–H groups in total. The average molecular weight is 223 g/mol. The van der Waals surface area contributed by atoms with Gasteiger partial charge in [-0.2, -0.15) is 0 Å². The van der Waals surface area contributed by atoms with E-state index in [4.69, 9.17) is 0 Å². The zero-order valence-electron chi connectivity index (χ0n) is 11.9. The smallest absolute Gasteiger partial charge is 0.0915 e. The molecule has 0 aliphatic heterocycles. The van der Waals surface area contributed by atoms with Crippen LogP contribution in [0.3, 0.4) is 0 Å². The van der Waals surface area contributed by atoms with E-state index in [0.29, 0.717) is 5.92 Å². The Kier molecular flexibility index (Phi) is 3.19. The Balaban J connectivity index is 3.41. The first-order valence-electron chi connectivity index (χ1n) is 6.01. The average Bonchev–Trinajstić information content (AvgIpc) is 2.43.